The molecule has 0 bridgehead atoms. The minimum Gasteiger partial charge on any atom is -0.362 e. The second kappa shape index (κ2) is 15.8. The van der Waals surface area contributed by atoms with Crippen LogP contribution in [0, 0.1) is 0 Å². The molecule has 26 heavy (non-hydrogen) atoms. The molecule has 0 fully saturated rings. The molecule has 2 nitrogen and oxygen atoms in total. The predicted octanol–water partition coefficient (Wildman–Crippen LogP) is 6.83. The number of aryl methyl sites for hydroxylation is 1. The van der Waals surface area contributed by atoms with Crippen LogP contribution in [-0.2, 0) is 6.42 Å². The third-order valence-electron chi connectivity index (χ3n) is 5.00. The van der Waals surface area contributed by atoms with Gasteiger partial charge in [-0.3, -0.25) is 0 Å². The smallest absolute Gasteiger partial charge is 0.0890 e. The molecule has 0 unspecified atom stereocenters. The summed E-state index contributed by atoms with van der Waals surface area (Å²) in [7, 11) is 2.08. The van der Waals surface area contributed by atoms with Gasteiger partial charge in [0.05, 0.1) is 6.67 Å². The van der Waals surface area contributed by atoms with Crippen LogP contribution < -0.4 is 0 Å². The van der Waals surface area contributed by atoms with Crippen LogP contribution in [0.15, 0.2) is 42.7 Å². The summed E-state index contributed by atoms with van der Waals surface area (Å²) in [5.74, 6) is 0. The summed E-state index contributed by atoms with van der Waals surface area (Å²) in [6, 6.07) is 10.9. The SMILES string of the molecule is CCCCCCCCCCCCc1ccccc1.CCN1C=CN(C)C1. The largest absolute Gasteiger partial charge is 0.362 e. The van der Waals surface area contributed by atoms with E-state index >= 15 is 0 Å². The van der Waals surface area contributed by atoms with Gasteiger partial charge < -0.3 is 9.80 Å². The van der Waals surface area contributed by atoms with Crippen molar-refractivity contribution in [1.82, 2.24) is 9.80 Å². The van der Waals surface area contributed by atoms with Crippen LogP contribution in [0.3, 0.4) is 0 Å². The zero-order valence-corrected chi connectivity index (χ0v) is 17.6. The van der Waals surface area contributed by atoms with E-state index < -0.39 is 0 Å². The Morgan fingerprint density at radius 3 is 1.77 bits per heavy atom. The average Bonchev–Trinajstić information content (AvgIpc) is 3.10. The summed E-state index contributed by atoms with van der Waals surface area (Å²) < 4.78 is 0. The number of rotatable bonds is 12. The molecule has 2 heteroatoms. The fourth-order valence-corrected chi connectivity index (χ4v) is 3.26. The van der Waals surface area contributed by atoms with Gasteiger partial charge in [0.15, 0.2) is 0 Å². The second-order valence-corrected chi connectivity index (χ2v) is 7.52. The first-order valence-electron chi connectivity index (χ1n) is 10.9. The van der Waals surface area contributed by atoms with Gasteiger partial charge in [0, 0.05) is 26.0 Å². The molecule has 0 radical (unpaired) electrons. The van der Waals surface area contributed by atoms with E-state index in [2.05, 4.69) is 73.4 Å². The van der Waals surface area contributed by atoms with E-state index in [9.17, 15) is 0 Å². The number of benzene rings is 1. The summed E-state index contributed by atoms with van der Waals surface area (Å²) in [6.07, 6.45) is 19.7. The molecule has 1 aliphatic rings. The molecule has 2 rings (SSSR count). The van der Waals surface area contributed by atoms with Gasteiger partial charge >= 0.3 is 0 Å². The predicted molar refractivity (Wildman–Crippen MR) is 116 cm³/mol. The van der Waals surface area contributed by atoms with Crippen LogP contribution in [0.2, 0.25) is 0 Å². The van der Waals surface area contributed by atoms with Gasteiger partial charge in [-0.05, 0) is 25.3 Å². The molecule has 0 aromatic heterocycles. The molecule has 1 aliphatic heterocycles. The summed E-state index contributed by atoms with van der Waals surface area (Å²) in [5, 5.41) is 0. The highest BCUT2D eigenvalue weighted by atomic mass is 15.3. The highest BCUT2D eigenvalue weighted by Gasteiger charge is 2.03. The van der Waals surface area contributed by atoms with E-state index in [-0.39, 0.29) is 0 Å². The van der Waals surface area contributed by atoms with E-state index in [0.717, 1.165) is 13.2 Å². The van der Waals surface area contributed by atoms with Gasteiger partial charge in [-0.1, -0.05) is 95.0 Å². The zero-order chi connectivity index (χ0) is 18.9. The number of hydrogen-bond donors (Lipinski definition) is 0. The maximum absolute atomic E-state index is 2.28. The maximum Gasteiger partial charge on any atom is 0.0890 e. The summed E-state index contributed by atoms with van der Waals surface area (Å²) >= 11 is 0. The van der Waals surface area contributed by atoms with Crippen molar-refractivity contribution in [3.05, 3.63) is 48.3 Å². The van der Waals surface area contributed by atoms with Crippen molar-refractivity contribution in [2.45, 2.75) is 84.5 Å². The Morgan fingerprint density at radius 2 is 1.31 bits per heavy atom. The van der Waals surface area contributed by atoms with E-state index in [1.165, 1.54) is 76.2 Å². The van der Waals surface area contributed by atoms with Crippen molar-refractivity contribution in [2.75, 3.05) is 20.3 Å². The third kappa shape index (κ3) is 12.0. The third-order valence-corrected chi connectivity index (χ3v) is 5.00. The molecule has 0 amide bonds. The molecule has 1 aromatic rings. The van der Waals surface area contributed by atoms with Crippen LogP contribution in [0.1, 0.15) is 83.6 Å². The molecule has 148 valence electrons. The first-order valence-corrected chi connectivity index (χ1v) is 10.9. The Bertz CT molecular complexity index is 441. The van der Waals surface area contributed by atoms with Crippen LogP contribution in [0.4, 0.5) is 0 Å². The van der Waals surface area contributed by atoms with Crippen molar-refractivity contribution in [2.24, 2.45) is 0 Å². The van der Waals surface area contributed by atoms with Gasteiger partial charge in [0.25, 0.3) is 0 Å². The molecule has 1 heterocycles. The Balaban J connectivity index is 0.000000350. The Labute approximate surface area is 163 Å². The zero-order valence-electron chi connectivity index (χ0n) is 17.6. The number of hydrogen-bond acceptors (Lipinski definition) is 2. The van der Waals surface area contributed by atoms with Gasteiger partial charge in [0.1, 0.15) is 0 Å². The Morgan fingerprint density at radius 1 is 0.731 bits per heavy atom. The highest BCUT2D eigenvalue weighted by molar-refractivity contribution is 5.14. The lowest BCUT2D eigenvalue weighted by Gasteiger charge is -2.14. The summed E-state index contributed by atoms with van der Waals surface area (Å²) in [5.41, 5.74) is 1.50. The first kappa shape index (κ1) is 22.6. The molecular formula is C24H42N2. The standard InChI is InChI=1S/C18H30.C6H12N2/c1-2-3-4-5-6-7-8-9-10-12-15-18-16-13-11-14-17-18;1-3-8-5-4-7(2)6-8/h11,13-14,16-17H,2-10,12,15H2,1H3;4-5H,3,6H2,1-2H3. The minimum absolute atomic E-state index is 1.05. The van der Waals surface area contributed by atoms with Crippen LogP contribution in [0.25, 0.3) is 0 Å². The van der Waals surface area contributed by atoms with Gasteiger partial charge in [0.2, 0.25) is 0 Å². The molecule has 0 saturated heterocycles. The number of unbranched alkanes of at least 4 members (excludes halogenated alkanes) is 9. The molecular weight excluding hydrogens is 316 g/mol. The fourth-order valence-electron chi connectivity index (χ4n) is 3.26. The van der Waals surface area contributed by atoms with E-state index in [1.54, 1.807) is 0 Å². The van der Waals surface area contributed by atoms with Crippen LogP contribution >= 0.6 is 0 Å². The topological polar surface area (TPSA) is 6.48 Å². The Hall–Kier alpha value is -1.44. The van der Waals surface area contributed by atoms with E-state index in [4.69, 9.17) is 0 Å². The summed E-state index contributed by atoms with van der Waals surface area (Å²) in [6.45, 7) is 6.60. The quantitative estimate of drug-likeness (QED) is 0.378. The van der Waals surface area contributed by atoms with Gasteiger partial charge in [-0.2, -0.15) is 0 Å². The normalized spacial score (nSPS) is 13.0. The van der Waals surface area contributed by atoms with Crippen molar-refractivity contribution in [3.8, 4) is 0 Å². The molecule has 0 N–H and O–H groups in total. The monoisotopic (exact) mass is 358 g/mol. The van der Waals surface area contributed by atoms with Crippen molar-refractivity contribution >= 4 is 0 Å². The number of nitrogens with zero attached hydrogens (tertiary/aromatic N) is 2. The minimum atomic E-state index is 1.05. The maximum atomic E-state index is 2.28. The van der Waals surface area contributed by atoms with Crippen molar-refractivity contribution in [1.29, 1.82) is 0 Å². The Kier molecular flexibility index (Phi) is 13.7. The van der Waals surface area contributed by atoms with Crippen molar-refractivity contribution < 1.29 is 0 Å². The molecule has 1 aromatic carbocycles. The second-order valence-electron chi connectivity index (χ2n) is 7.52. The fraction of sp³-hybridized carbons (Fsp3) is 0.667. The molecule has 0 saturated carbocycles. The van der Waals surface area contributed by atoms with Crippen LogP contribution in [0.5, 0.6) is 0 Å². The lowest BCUT2D eigenvalue weighted by Crippen LogP contribution is -2.21. The molecule has 0 aliphatic carbocycles. The molecule has 0 atom stereocenters. The van der Waals surface area contributed by atoms with Gasteiger partial charge in [-0.15, -0.1) is 0 Å². The molecule has 0 spiro atoms. The average molecular weight is 359 g/mol. The summed E-state index contributed by atoms with van der Waals surface area (Å²) in [4.78, 5) is 4.41. The lowest BCUT2D eigenvalue weighted by atomic mass is 10.0. The highest BCUT2D eigenvalue weighted by Crippen LogP contribution is 2.12. The van der Waals surface area contributed by atoms with Crippen LogP contribution in [-0.4, -0.2) is 30.1 Å². The van der Waals surface area contributed by atoms with Gasteiger partial charge in [-0.25, -0.2) is 0 Å². The first-order chi connectivity index (χ1) is 12.8. The van der Waals surface area contributed by atoms with E-state index in [1.807, 2.05) is 0 Å². The van der Waals surface area contributed by atoms with Crippen molar-refractivity contribution in [3.63, 3.8) is 0 Å². The van der Waals surface area contributed by atoms with E-state index in [0.29, 0.717) is 0 Å². The lowest BCUT2D eigenvalue weighted by molar-refractivity contribution is 0.308.